The second kappa shape index (κ2) is 11.1. The van der Waals surface area contributed by atoms with E-state index in [0.717, 1.165) is 65.5 Å². The number of amides is 1. The second-order valence-corrected chi connectivity index (χ2v) is 13.4. The summed E-state index contributed by atoms with van der Waals surface area (Å²) in [7, 11) is 2.13. The van der Waals surface area contributed by atoms with Crippen LogP contribution in [0, 0.1) is 11.6 Å². The number of halogens is 2. The van der Waals surface area contributed by atoms with Crippen LogP contribution in [0.3, 0.4) is 0 Å². The first kappa shape index (κ1) is 29.0. The molecule has 1 atom stereocenters. The van der Waals surface area contributed by atoms with Crippen molar-refractivity contribution in [1.82, 2.24) is 24.6 Å². The summed E-state index contributed by atoms with van der Waals surface area (Å²) in [6.45, 7) is 8.51. The summed E-state index contributed by atoms with van der Waals surface area (Å²) in [6.07, 6.45) is 3.89. The van der Waals surface area contributed by atoms with Gasteiger partial charge in [0.05, 0.1) is 35.6 Å². The molecule has 5 heterocycles. The Hall–Kier alpha value is -4.41. The Morgan fingerprint density at radius 3 is 2.70 bits per heavy atom. The fourth-order valence-electron chi connectivity index (χ4n) is 6.79. The van der Waals surface area contributed by atoms with Crippen molar-refractivity contribution in [3.05, 3.63) is 89.0 Å². The molecule has 2 aromatic carbocycles. The SMILES string of the molecule is C=CC(=O)N1CCn2nc(-c3nc(-c4ccc5c(c4)CCN(C)C5)c4ccsc4c3-c3c(F)cc(F)cc3OC3CC3)cc2[C@H]1C. The summed E-state index contributed by atoms with van der Waals surface area (Å²) in [6, 6.07) is 12.4. The predicted molar refractivity (Wildman–Crippen MR) is 176 cm³/mol. The first-order chi connectivity index (χ1) is 22.3. The van der Waals surface area contributed by atoms with E-state index in [1.54, 1.807) is 4.90 Å². The summed E-state index contributed by atoms with van der Waals surface area (Å²) in [5.41, 5.74) is 6.99. The van der Waals surface area contributed by atoms with Crippen molar-refractivity contribution in [3.8, 4) is 39.5 Å². The van der Waals surface area contributed by atoms with Crippen LogP contribution in [-0.2, 0) is 24.3 Å². The molecular formula is C36H33F2N5O2S. The third kappa shape index (κ3) is 4.91. The number of hydrogen-bond acceptors (Lipinski definition) is 6. The molecule has 7 nitrogen and oxygen atoms in total. The van der Waals surface area contributed by atoms with Crippen LogP contribution in [0.15, 0.2) is 60.5 Å². The summed E-state index contributed by atoms with van der Waals surface area (Å²) >= 11 is 1.49. The number of benzene rings is 2. The third-order valence-corrected chi connectivity index (χ3v) is 10.3. The molecule has 8 rings (SSSR count). The highest BCUT2D eigenvalue weighted by Gasteiger charge is 2.33. The van der Waals surface area contributed by atoms with Crippen LogP contribution in [0.2, 0.25) is 0 Å². The number of thiophene rings is 1. The minimum atomic E-state index is -0.709. The molecule has 0 radical (unpaired) electrons. The lowest BCUT2D eigenvalue weighted by Crippen LogP contribution is -2.40. The molecule has 0 spiro atoms. The fraction of sp³-hybridized carbons (Fsp3) is 0.306. The Morgan fingerprint density at radius 1 is 1.04 bits per heavy atom. The maximum atomic E-state index is 16.1. The molecule has 1 saturated carbocycles. The number of aromatic nitrogens is 3. The lowest BCUT2D eigenvalue weighted by molar-refractivity contribution is -0.129. The highest BCUT2D eigenvalue weighted by molar-refractivity contribution is 7.18. The minimum absolute atomic E-state index is 0.0712. The van der Waals surface area contributed by atoms with Gasteiger partial charge in [-0.3, -0.25) is 9.48 Å². The van der Waals surface area contributed by atoms with Crippen LogP contribution in [-0.4, -0.2) is 56.7 Å². The Bertz CT molecular complexity index is 2050. The minimum Gasteiger partial charge on any atom is -0.490 e. The molecule has 10 heteroatoms. The van der Waals surface area contributed by atoms with E-state index in [9.17, 15) is 9.18 Å². The van der Waals surface area contributed by atoms with Gasteiger partial charge in [0, 0.05) is 53.0 Å². The number of hydrogen-bond donors (Lipinski definition) is 0. The summed E-state index contributed by atoms with van der Waals surface area (Å²) in [5, 5.41) is 7.86. The largest absolute Gasteiger partial charge is 0.490 e. The van der Waals surface area contributed by atoms with E-state index in [2.05, 4.69) is 36.7 Å². The maximum absolute atomic E-state index is 16.1. The topological polar surface area (TPSA) is 63.5 Å². The highest BCUT2D eigenvalue weighted by atomic mass is 32.1. The number of nitrogens with zero attached hydrogens (tertiary/aromatic N) is 5. The van der Waals surface area contributed by atoms with E-state index in [4.69, 9.17) is 14.8 Å². The van der Waals surface area contributed by atoms with Gasteiger partial charge in [-0.15, -0.1) is 11.3 Å². The second-order valence-electron chi connectivity index (χ2n) is 12.5. The van der Waals surface area contributed by atoms with Crippen LogP contribution in [0.5, 0.6) is 5.75 Å². The standard InChI is InChI=1S/C36H33F2N5O2S/c1-4-31(44)42-12-13-43-29(20(42)2)18-28(40-43)35-33(32-27(38)16-24(37)17-30(32)45-25-7-8-25)36-26(10-14-46-36)34(39-35)22-5-6-23-19-41(3)11-9-21(23)15-22/h4-6,10,14-18,20,25H,1,7-9,11-13,19H2,2-3H3/t20-/m1/s1. The molecule has 46 heavy (non-hydrogen) atoms. The molecule has 3 aromatic heterocycles. The van der Waals surface area contributed by atoms with E-state index in [0.29, 0.717) is 30.0 Å². The molecule has 1 fully saturated rings. The average Bonchev–Trinajstić information content (AvgIpc) is 3.52. The van der Waals surface area contributed by atoms with Gasteiger partial charge in [0.25, 0.3) is 0 Å². The zero-order valence-electron chi connectivity index (χ0n) is 25.7. The molecule has 0 N–H and O–H groups in total. The van der Waals surface area contributed by atoms with Crippen LogP contribution in [0.1, 0.15) is 42.6 Å². The first-order valence-electron chi connectivity index (χ1n) is 15.7. The molecule has 1 aliphatic carbocycles. The molecule has 5 aromatic rings. The Morgan fingerprint density at radius 2 is 1.89 bits per heavy atom. The van der Waals surface area contributed by atoms with Gasteiger partial charge in [-0.05, 0) is 74.0 Å². The number of carbonyl (C=O) groups excluding carboxylic acids is 1. The van der Waals surface area contributed by atoms with Gasteiger partial charge in [-0.25, -0.2) is 13.8 Å². The van der Waals surface area contributed by atoms with Gasteiger partial charge in [-0.2, -0.15) is 5.10 Å². The van der Waals surface area contributed by atoms with Gasteiger partial charge < -0.3 is 14.5 Å². The number of carbonyl (C=O) groups is 1. The highest BCUT2D eigenvalue weighted by Crippen LogP contribution is 2.48. The molecular weight excluding hydrogens is 604 g/mol. The van der Waals surface area contributed by atoms with Crippen molar-refractivity contribution < 1.29 is 18.3 Å². The zero-order valence-corrected chi connectivity index (χ0v) is 26.5. The van der Waals surface area contributed by atoms with Crippen molar-refractivity contribution >= 4 is 27.3 Å². The fourth-order valence-corrected chi connectivity index (χ4v) is 7.74. The van der Waals surface area contributed by atoms with Gasteiger partial charge in [0.1, 0.15) is 28.8 Å². The molecule has 0 bridgehead atoms. The van der Waals surface area contributed by atoms with Crippen LogP contribution < -0.4 is 4.74 Å². The van der Waals surface area contributed by atoms with Crippen molar-refractivity contribution in [2.75, 3.05) is 20.1 Å². The number of rotatable bonds is 6. The quantitative estimate of drug-likeness (QED) is 0.182. The van der Waals surface area contributed by atoms with Gasteiger partial charge >= 0.3 is 0 Å². The molecule has 0 unspecified atom stereocenters. The lowest BCUT2D eigenvalue weighted by atomic mass is 9.93. The molecule has 3 aliphatic rings. The van der Waals surface area contributed by atoms with E-state index in [1.807, 2.05) is 29.1 Å². The number of ether oxygens (including phenoxy) is 1. The van der Waals surface area contributed by atoms with Crippen LogP contribution in [0.4, 0.5) is 8.78 Å². The number of pyridine rings is 1. The van der Waals surface area contributed by atoms with Gasteiger partial charge in [0.2, 0.25) is 5.91 Å². The van der Waals surface area contributed by atoms with Crippen LogP contribution in [0.25, 0.3) is 43.9 Å². The van der Waals surface area contributed by atoms with Crippen molar-refractivity contribution in [2.45, 2.75) is 51.4 Å². The summed E-state index contributed by atoms with van der Waals surface area (Å²) in [4.78, 5) is 22.0. The molecule has 0 saturated heterocycles. The third-order valence-electron chi connectivity index (χ3n) is 9.34. The number of likely N-dealkylation sites (N-methyl/N-ethyl adjacent to an activating group) is 1. The molecule has 234 valence electrons. The van der Waals surface area contributed by atoms with Crippen LogP contribution >= 0.6 is 11.3 Å². The molecule has 2 aliphatic heterocycles. The first-order valence-corrected chi connectivity index (χ1v) is 16.6. The smallest absolute Gasteiger partial charge is 0.246 e. The normalized spacial score (nSPS) is 18.0. The van der Waals surface area contributed by atoms with Crippen molar-refractivity contribution in [1.29, 1.82) is 0 Å². The lowest BCUT2D eigenvalue weighted by Gasteiger charge is -2.33. The average molecular weight is 638 g/mol. The van der Waals surface area contributed by atoms with E-state index in [1.165, 1.54) is 34.6 Å². The Kier molecular flexibility index (Phi) is 7.02. The van der Waals surface area contributed by atoms with Gasteiger partial charge in [0.15, 0.2) is 0 Å². The zero-order chi connectivity index (χ0) is 31.7. The summed E-state index contributed by atoms with van der Waals surface area (Å²) in [5.74, 6) is -1.37. The van der Waals surface area contributed by atoms with Crippen molar-refractivity contribution in [3.63, 3.8) is 0 Å². The Balaban J connectivity index is 1.37. The Labute approximate surface area is 269 Å². The monoisotopic (exact) mass is 637 g/mol. The number of fused-ring (bicyclic) bond motifs is 3. The van der Waals surface area contributed by atoms with E-state index < -0.39 is 11.6 Å². The predicted octanol–water partition coefficient (Wildman–Crippen LogP) is 7.39. The van der Waals surface area contributed by atoms with Gasteiger partial charge in [-0.1, -0.05) is 18.7 Å². The van der Waals surface area contributed by atoms with Crippen molar-refractivity contribution in [2.24, 2.45) is 0 Å². The summed E-state index contributed by atoms with van der Waals surface area (Å²) < 4.78 is 39.6. The molecule has 1 amide bonds. The van der Waals surface area contributed by atoms with E-state index in [-0.39, 0.29) is 29.4 Å². The maximum Gasteiger partial charge on any atom is 0.246 e. The van der Waals surface area contributed by atoms with E-state index >= 15 is 4.39 Å².